The van der Waals surface area contributed by atoms with Gasteiger partial charge in [-0.15, -0.1) is 0 Å². The summed E-state index contributed by atoms with van der Waals surface area (Å²) in [5, 5.41) is 2.73. The number of carbonyl (C=O) groups excluding carboxylic acids is 1. The van der Waals surface area contributed by atoms with Crippen molar-refractivity contribution in [3.63, 3.8) is 0 Å². The third-order valence-corrected chi connectivity index (χ3v) is 4.99. The molecule has 0 bridgehead atoms. The molecular weight excluding hydrogens is 310 g/mol. The Morgan fingerprint density at radius 2 is 1.86 bits per heavy atom. The van der Waals surface area contributed by atoms with Crippen LogP contribution in [-0.2, 0) is 19.6 Å². The summed E-state index contributed by atoms with van der Waals surface area (Å²) in [5.41, 5.74) is 0.524. The van der Waals surface area contributed by atoms with Crippen molar-refractivity contribution in [3.05, 3.63) is 24.3 Å². The van der Waals surface area contributed by atoms with Crippen molar-refractivity contribution in [1.29, 1.82) is 0 Å². The summed E-state index contributed by atoms with van der Waals surface area (Å²) in [6.45, 7) is 2.12. The van der Waals surface area contributed by atoms with Gasteiger partial charge in [-0.1, -0.05) is 4.47 Å². The van der Waals surface area contributed by atoms with Gasteiger partial charge in [0.1, 0.15) is 0 Å². The number of sulfonamides is 1. The number of hydrogen-bond acceptors (Lipinski definition) is 5. The molecule has 1 saturated heterocycles. The average Bonchev–Trinajstić information content (AvgIpc) is 2.55. The van der Waals surface area contributed by atoms with Crippen molar-refractivity contribution in [2.45, 2.75) is 4.90 Å². The smallest absolute Gasteiger partial charge is 0.321 e. The van der Waals surface area contributed by atoms with Gasteiger partial charge in [-0.3, -0.25) is 4.84 Å². The maximum absolute atomic E-state index is 12.0. The molecule has 122 valence electrons. The largest absolute Gasteiger partial charge is 0.378 e. The quantitative estimate of drug-likeness (QED) is 0.823. The number of benzene rings is 1. The molecule has 2 amide bonds. The van der Waals surface area contributed by atoms with Gasteiger partial charge in [-0.2, -0.15) is 0 Å². The van der Waals surface area contributed by atoms with Crippen LogP contribution in [0.4, 0.5) is 10.5 Å². The van der Waals surface area contributed by atoms with E-state index in [1.807, 2.05) is 0 Å². The summed E-state index contributed by atoms with van der Waals surface area (Å²) in [6, 6.07) is 5.68. The maximum Gasteiger partial charge on any atom is 0.321 e. The normalized spacial score (nSPS) is 15.9. The zero-order valence-corrected chi connectivity index (χ0v) is 13.3. The van der Waals surface area contributed by atoms with Gasteiger partial charge in [0, 0.05) is 25.8 Å². The second-order valence-corrected chi connectivity index (χ2v) is 6.59. The fourth-order valence-corrected chi connectivity index (χ4v) is 2.90. The molecule has 0 aromatic heterocycles. The number of rotatable bonds is 4. The molecule has 1 heterocycles. The van der Waals surface area contributed by atoms with E-state index in [4.69, 9.17) is 9.57 Å². The van der Waals surface area contributed by atoms with Crippen LogP contribution in [0.3, 0.4) is 0 Å². The third-order valence-electron chi connectivity index (χ3n) is 3.30. The van der Waals surface area contributed by atoms with Gasteiger partial charge in [0.15, 0.2) is 0 Å². The van der Waals surface area contributed by atoms with Crippen molar-refractivity contribution in [1.82, 2.24) is 9.37 Å². The molecule has 22 heavy (non-hydrogen) atoms. The van der Waals surface area contributed by atoms with E-state index in [1.165, 1.54) is 38.4 Å². The molecule has 8 nitrogen and oxygen atoms in total. The van der Waals surface area contributed by atoms with Crippen LogP contribution in [0.5, 0.6) is 0 Å². The first-order valence-corrected chi connectivity index (χ1v) is 8.16. The average molecular weight is 329 g/mol. The number of morpholine rings is 1. The molecule has 0 saturated carbocycles. The summed E-state index contributed by atoms with van der Waals surface area (Å²) in [4.78, 5) is 18.4. The molecule has 0 spiro atoms. The molecule has 1 aliphatic heterocycles. The van der Waals surface area contributed by atoms with Gasteiger partial charge in [-0.25, -0.2) is 13.2 Å². The summed E-state index contributed by atoms with van der Waals surface area (Å²) in [5.74, 6) is 0. The van der Waals surface area contributed by atoms with E-state index in [1.54, 1.807) is 4.90 Å². The second-order valence-electron chi connectivity index (χ2n) is 4.65. The molecule has 0 atom stereocenters. The van der Waals surface area contributed by atoms with E-state index >= 15 is 0 Å². The highest BCUT2D eigenvalue weighted by atomic mass is 32.2. The molecule has 1 aromatic carbocycles. The third kappa shape index (κ3) is 3.74. The van der Waals surface area contributed by atoms with Crippen molar-refractivity contribution in [2.24, 2.45) is 0 Å². The van der Waals surface area contributed by atoms with Gasteiger partial charge in [0.2, 0.25) is 0 Å². The van der Waals surface area contributed by atoms with Crippen LogP contribution in [0.25, 0.3) is 0 Å². The monoisotopic (exact) mass is 329 g/mol. The van der Waals surface area contributed by atoms with Gasteiger partial charge < -0.3 is 15.0 Å². The van der Waals surface area contributed by atoms with Gasteiger partial charge in [-0.05, 0) is 24.3 Å². The molecular formula is C13H19N3O5S. The van der Waals surface area contributed by atoms with Crippen molar-refractivity contribution in [3.8, 4) is 0 Å². The van der Waals surface area contributed by atoms with E-state index in [0.717, 1.165) is 4.47 Å². The SMILES string of the molecule is CON(C)S(=O)(=O)c1ccc(NC(=O)N2CCOCC2)cc1. The first kappa shape index (κ1) is 16.7. The lowest BCUT2D eigenvalue weighted by Gasteiger charge is -2.26. The predicted octanol–water partition coefficient (Wildman–Crippen LogP) is 0.733. The Hall–Kier alpha value is -1.68. The van der Waals surface area contributed by atoms with E-state index in [2.05, 4.69) is 5.32 Å². The predicted molar refractivity (Wildman–Crippen MR) is 79.8 cm³/mol. The molecule has 1 aliphatic rings. The van der Waals surface area contributed by atoms with Gasteiger partial charge in [0.25, 0.3) is 10.0 Å². The molecule has 0 aliphatic carbocycles. The van der Waals surface area contributed by atoms with Crippen molar-refractivity contribution >= 4 is 21.7 Å². The first-order chi connectivity index (χ1) is 10.4. The zero-order chi connectivity index (χ0) is 16.2. The highest BCUT2D eigenvalue weighted by molar-refractivity contribution is 7.89. The van der Waals surface area contributed by atoms with Gasteiger partial charge in [0.05, 0.1) is 25.2 Å². The second kappa shape index (κ2) is 7.05. The minimum Gasteiger partial charge on any atom is -0.378 e. The summed E-state index contributed by atoms with van der Waals surface area (Å²) in [6.07, 6.45) is 0. The van der Waals surface area contributed by atoms with Crippen LogP contribution < -0.4 is 5.32 Å². The maximum atomic E-state index is 12.0. The number of carbonyl (C=O) groups is 1. The van der Waals surface area contributed by atoms with Crippen LogP contribution in [0.2, 0.25) is 0 Å². The number of urea groups is 1. The lowest BCUT2D eigenvalue weighted by atomic mass is 10.3. The number of hydroxylamine groups is 1. The number of hydrogen-bond donors (Lipinski definition) is 1. The molecule has 0 unspecified atom stereocenters. The first-order valence-electron chi connectivity index (χ1n) is 6.72. The molecule has 1 N–H and O–H groups in total. The van der Waals surface area contributed by atoms with Crippen molar-refractivity contribution in [2.75, 3.05) is 45.8 Å². The zero-order valence-electron chi connectivity index (χ0n) is 12.5. The van der Waals surface area contributed by atoms with Crippen LogP contribution in [0, 0.1) is 0 Å². The van der Waals surface area contributed by atoms with Gasteiger partial charge >= 0.3 is 6.03 Å². The van der Waals surface area contributed by atoms with E-state index in [0.29, 0.717) is 32.0 Å². The number of ether oxygens (including phenoxy) is 1. The van der Waals surface area contributed by atoms with Crippen molar-refractivity contribution < 1.29 is 22.8 Å². The fraction of sp³-hybridized carbons (Fsp3) is 0.462. The van der Waals surface area contributed by atoms with Crippen LogP contribution in [0.1, 0.15) is 0 Å². The number of nitrogens with one attached hydrogen (secondary N) is 1. The lowest BCUT2D eigenvalue weighted by molar-refractivity contribution is -0.0258. The minimum atomic E-state index is -3.68. The molecule has 2 rings (SSSR count). The van der Waals surface area contributed by atoms with Crippen LogP contribution >= 0.6 is 0 Å². The summed E-state index contributed by atoms with van der Waals surface area (Å²) in [7, 11) is -1.10. The molecule has 1 fully saturated rings. The lowest BCUT2D eigenvalue weighted by Crippen LogP contribution is -2.43. The standard InChI is InChI=1S/C13H19N3O5S/c1-15(20-2)22(18,19)12-5-3-11(4-6-12)14-13(17)16-7-9-21-10-8-16/h3-6H,7-10H2,1-2H3,(H,14,17). The Labute approximate surface area is 129 Å². The Bertz CT molecular complexity index is 611. The number of nitrogens with zero attached hydrogens (tertiary/aromatic N) is 2. The molecule has 9 heteroatoms. The van der Waals surface area contributed by atoms with E-state index in [9.17, 15) is 13.2 Å². The Kier molecular flexibility index (Phi) is 5.35. The minimum absolute atomic E-state index is 0.0845. The summed E-state index contributed by atoms with van der Waals surface area (Å²) < 4.78 is 30.0. The van der Waals surface area contributed by atoms with E-state index < -0.39 is 10.0 Å². The highest BCUT2D eigenvalue weighted by Gasteiger charge is 2.21. The van der Waals surface area contributed by atoms with Crippen LogP contribution in [-0.4, -0.2) is 64.3 Å². The Morgan fingerprint density at radius 1 is 1.27 bits per heavy atom. The highest BCUT2D eigenvalue weighted by Crippen LogP contribution is 2.17. The fourth-order valence-electron chi connectivity index (χ4n) is 1.93. The molecule has 0 radical (unpaired) electrons. The Morgan fingerprint density at radius 3 is 2.41 bits per heavy atom. The molecule has 1 aromatic rings. The summed E-state index contributed by atoms with van der Waals surface area (Å²) >= 11 is 0. The number of amides is 2. The Balaban J connectivity index is 2.04. The number of anilines is 1. The van der Waals surface area contributed by atoms with Crippen LogP contribution in [0.15, 0.2) is 29.2 Å². The van der Waals surface area contributed by atoms with E-state index in [-0.39, 0.29) is 10.9 Å². The topological polar surface area (TPSA) is 88.2 Å².